The molecule has 2 N–H and O–H groups in total. The predicted octanol–water partition coefficient (Wildman–Crippen LogP) is 1.74. The molecule has 1 aromatic carbocycles. The summed E-state index contributed by atoms with van der Waals surface area (Å²) < 4.78 is 7.40. The molecule has 0 aliphatic carbocycles. The maximum Gasteiger partial charge on any atom is 0.191 e. The zero-order valence-electron chi connectivity index (χ0n) is 16.7. The van der Waals surface area contributed by atoms with Crippen molar-refractivity contribution in [1.82, 2.24) is 20.4 Å². The fourth-order valence-electron chi connectivity index (χ4n) is 3.42. The van der Waals surface area contributed by atoms with Gasteiger partial charge in [-0.1, -0.05) is 18.2 Å². The summed E-state index contributed by atoms with van der Waals surface area (Å²) in [7, 11) is 3.77. The van der Waals surface area contributed by atoms with Gasteiger partial charge in [-0.3, -0.25) is 9.67 Å². The van der Waals surface area contributed by atoms with Gasteiger partial charge < -0.3 is 20.3 Å². The molecular weight excluding hydrogens is 340 g/mol. The lowest BCUT2D eigenvalue weighted by molar-refractivity contribution is 0.122. The van der Waals surface area contributed by atoms with Crippen molar-refractivity contribution >= 4 is 11.6 Å². The molecule has 1 saturated heterocycles. The maximum absolute atomic E-state index is 5.48. The van der Waals surface area contributed by atoms with Gasteiger partial charge in [0.05, 0.1) is 18.9 Å². The largest absolute Gasteiger partial charge is 0.378 e. The van der Waals surface area contributed by atoms with E-state index in [9.17, 15) is 0 Å². The van der Waals surface area contributed by atoms with E-state index in [1.807, 2.05) is 18.7 Å². The van der Waals surface area contributed by atoms with Gasteiger partial charge in [0.1, 0.15) is 0 Å². The zero-order valence-corrected chi connectivity index (χ0v) is 16.7. The van der Waals surface area contributed by atoms with Crippen LogP contribution in [0.2, 0.25) is 0 Å². The number of anilines is 1. The van der Waals surface area contributed by atoms with Gasteiger partial charge in [-0.15, -0.1) is 0 Å². The van der Waals surface area contributed by atoms with E-state index < -0.39 is 0 Å². The van der Waals surface area contributed by atoms with Gasteiger partial charge in [-0.25, -0.2) is 0 Å². The Morgan fingerprint density at radius 1 is 1.15 bits per heavy atom. The first-order valence-corrected chi connectivity index (χ1v) is 9.44. The Labute approximate surface area is 161 Å². The van der Waals surface area contributed by atoms with E-state index in [-0.39, 0.29) is 0 Å². The van der Waals surface area contributed by atoms with E-state index in [1.165, 1.54) is 22.5 Å². The number of nitrogens with zero attached hydrogens (tertiary/aromatic N) is 4. The van der Waals surface area contributed by atoms with Gasteiger partial charge in [0.15, 0.2) is 5.96 Å². The van der Waals surface area contributed by atoms with Crippen molar-refractivity contribution in [1.29, 1.82) is 0 Å². The van der Waals surface area contributed by atoms with Gasteiger partial charge in [0, 0.05) is 57.2 Å². The Bertz CT molecular complexity index is 792. The van der Waals surface area contributed by atoms with Gasteiger partial charge >= 0.3 is 0 Å². The lowest BCUT2D eigenvalue weighted by Gasteiger charge is -2.30. The fraction of sp³-hybridized carbons (Fsp3) is 0.500. The molecule has 1 aliphatic rings. The number of rotatable bonds is 5. The van der Waals surface area contributed by atoms with Crippen molar-refractivity contribution in [2.24, 2.45) is 12.0 Å². The summed E-state index contributed by atoms with van der Waals surface area (Å²) in [5, 5.41) is 11.3. The smallest absolute Gasteiger partial charge is 0.191 e. The molecule has 1 fully saturated rings. The third-order valence-electron chi connectivity index (χ3n) is 5.10. The first-order valence-electron chi connectivity index (χ1n) is 9.44. The van der Waals surface area contributed by atoms with Crippen molar-refractivity contribution in [3.63, 3.8) is 0 Å². The van der Waals surface area contributed by atoms with Gasteiger partial charge in [0.2, 0.25) is 0 Å². The number of aromatic nitrogens is 2. The number of para-hydroxylation sites is 1. The number of nitrogens with one attached hydrogen (secondary N) is 2. The number of guanidine groups is 1. The normalized spacial score (nSPS) is 15.1. The van der Waals surface area contributed by atoms with E-state index in [0.29, 0.717) is 6.54 Å². The molecule has 1 aliphatic heterocycles. The number of aryl methyl sites for hydroxylation is 2. The minimum Gasteiger partial charge on any atom is -0.378 e. The number of aliphatic imine (C=N–C) groups is 1. The molecule has 0 atom stereocenters. The quantitative estimate of drug-likeness (QED) is 0.620. The second kappa shape index (κ2) is 8.90. The second-order valence-corrected chi connectivity index (χ2v) is 6.78. The van der Waals surface area contributed by atoms with E-state index in [1.54, 1.807) is 7.05 Å². The SMILES string of the molecule is CN=C(NCc1ccccc1N1CCOCC1)NCc1c(C)nn(C)c1C. The summed E-state index contributed by atoms with van der Waals surface area (Å²) in [6.07, 6.45) is 0. The van der Waals surface area contributed by atoms with Crippen LogP contribution in [0, 0.1) is 13.8 Å². The summed E-state index contributed by atoms with van der Waals surface area (Å²) in [5.41, 5.74) is 5.97. The van der Waals surface area contributed by atoms with Crippen LogP contribution < -0.4 is 15.5 Å². The van der Waals surface area contributed by atoms with Crippen LogP contribution >= 0.6 is 0 Å². The third-order valence-corrected chi connectivity index (χ3v) is 5.10. The first-order chi connectivity index (χ1) is 13.1. The highest BCUT2D eigenvalue weighted by molar-refractivity contribution is 5.79. The van der Waals surface area contributed by atoms with E-state index in [2.05, 4.69) is 56.8 Å². The Kier molecular flexibility index (Phi) is 6.34. The average Bonchev–Trinajstić information content (AvgIpc) is 2.94. The number of ether oxygens (including phenoxy) is 1. The maximum atomic E-state index is 5.48. The topological polar surface area (TPSA) is 66.7 Å². The fourth-order valence-corrected chi connectivity index (χ4v) is 3.42. The standard InChI is InChI=1S/C20H30N6O/c1-15-18(16(2)25(4)24-15)14-23-20(21-3)22-13-17-7-5-6-8-19(17)26-9-11-27-12-10-26/h5-8H,9-14H2,1-4H3,(H2,21,22,23). The van der Waals surface area contributed by atoms with Crippen LogP contribution in [-0.2, 0) is 24.9 Å². The van der Waals surface area contributed by atoms with Crippen molar-refractivity contribution in [2.45, 2.75) is 26.9 Å². The molecule has 2 aromatic rings. The summed E-state index contributed by atoms with van der Waals surface area (Å²) in [6.45, 7) is 9.00. The van der Waals surface area contributed by atoms with Gasteiger partial charge in [0.25, 0.3) is 0 Å². The number of benzene rings is 1. The van der Waals surface area contributed by atoms with Crippen LogP contribution in [0.25, 0.3) is 0 Å². The predicted molar refractivity (Wildman–Crippen MR) is 109 cm³/mol. The number of hydrogen-bond acceptors (Lipinski definition) is 4. The van der Waals surface area contributed by atoms with Crippen molar-refractivity contribution in [3.8, 4) is 0 Å². The summed E-state index contributed by atoms with van der Waals surface area (Å²) >= 11 is 0. The molecule has 7 heteroatoms. The molecule has 7 nitrogen and oxygen atoms in total. The second-order valence-electron chi connectivity index (χ2n) is 6.78. The minimum atomic E-state index is 0.705. The minimum absolute atomic E-state index is 0.705. The lowest BCUT2D eigenvalue weighted by atomic mass is 10.1. The molecule has 0 unspecified atom stereocenters. The van der Waals surface area contributed by atoms with Gasteiger partial charge in [-0.2, -0.15) is 5.10 Å². The summed E-state index contributed by atoms with van der Waals surface area (Å²) in [4.78, 5) is 6.75. The van der Waals surface area contributed by atoms with Crippen LogP contribution in [0.15, 0.2) is 29.3 Å². The van der Waals surface area contributed by atoms with Crippen molar-refractivity contribution < 1.29 is 4.74 Å². The molecule has 146 valence electrons. The third kappa shape index (κ3) is 4.60. The average molecular weight is 371 g/mol. The van der Waals surface area contributed by atoms with E-state index in [4.69, 9.17) is 4.74 Å². The monoisotopic (exact) mass is 370 g/mol. The van der Waals surface area contributed by atoms with Crippen molar-refractivity contribution in [2.75, 3.05) is 38.3 Å². The molecule has 0 saturated carbocycles. The highest BCUT2D eigenvalue weighted by Gasteiger charge is 2.15. The van der Waals surface area contributed by atoms with Crippen molar-refractivity contribution in [3.05, 3.63) is 46.8 Å². The molecule has 27 heavy (non-hydrogen) atoms. The first kappa shape index (κ1) is 19.2. The molecule has 0 radical (unpaired) electrons. The Morgan fingerprint density at radius 2 is 1.85 bits per heavy atom. The Morgan fingerprint density at radius 3 is 2.52 bits per heavy atom. The molecule has 1 aromatic heterocycles. The van der Waals surface area contributed by atoms with Crippen LogP contribution in [0.1, 0.15) is 22.5 Å². The Hall–Kier alpha value is -2.54. The molecule has 2 heterocycles. The van der Waals surface area contributed by atoms with Crippen LogP contribution in [0.5, 0.6) is 0 Å². The van der Waals surface area contributed by atoms with Crippen LogP contribution in [0.3, 0.4) is 0 Å². The molecule has 0 bridgehead atoms. The van der Waals surface area contributed by atoms with Crippen LogP contribution in [0.4, 0.5) is 5.69 Å². The van der Waals surface area contributed by atoms with E-state index in [0.717, 1.165) is 44.5 Å². The Balaban J connectivity index is 1.61. The number of hydrogen-bond donors (Lipinski definition) is 2. The summed E-state index contributed by atoms with van der Waals surface area (Å²) in [5.74, 6) is 0.787. The van der Waals surface area contributed by atoms with Gasteiger partial charge in [-0.05, 0) is 25.5 Å². The molecular formula is C20H30N6O. The van der Waals surface area contributed by atoms with Crippen LogP contribution in [-0.4, -0.2) is 49.1 Å². The molecule has 0 spiro atoms. The highest BCUT2D eigenvalue weighted by Crippen LogP contribution is 2.21. The number of morpholine rings is 1. The molecule has 3 rings (SSSR count). The zero-order chi connectivity index (χ0) is 19.2. The lowest BCUT2D eigenvalue weighted by Crippen LogP contribution is -2.39. The highest BCUT2D eigenvalue weighted by atomic mass is 16.5. The van der Waals surface area contributed by atoms with E-state index >= 15 is 0 Å². The molecule has 0 amide bonds. The summed E-state index contributed by atoms with van der Waals surface area (Å²) in [6, 6.07) is 8.52.